The van der Waals surface area contributed by atoms with Gasteiger partial charge in [-0.2, -0.15) is 0 Å². The van der Waals surface area contributed by atoms with Crippen molar-refractivity contribution in [3.63, 3.8) is 0 Å². The Morgan fingerprint density at radius 3 is 2.77 bits per heavy atom. The number of carbonyl (C=O) groups is 1. The number of rotatable bonds is 5. The highest BCUT2D eigenvalue weighted by Crippen LogP contribution is 2.28. The van der Waals surface area contributed by atoms with Gasteiger partial charge in [0.2, 0.25) is 0 Å². The van der Waals surface area contributed by atoms with Crippen LogP contribution in [0.15, 0.2) is 12.5 Å². The largest absolute Gasteiger partial charge is 0.480 e. The molecule has 1 aromatic heterocycles. The van der Waals surface area contributed by atoms with Gasteiger partial charge in [0.05, 0.1) is 12.0 Å². The van der Waals surface area contributed by atoms with Gasteiger partial charge in [-0.3, -0.25) is 9.69 Å². The van der Waals surface area contributed by atoms with Gasteiger partial charge in [0.25, 0.3) is 0 Å². The van der Waals surface area contributed by atoms with Crippen molar-refractivity contribution in [3.8, 4) is 0 Å². The molecule has 1 aliphatic carbocycles. The first-order valence-corrected chi connectivity index (χ1v) is 8.38. The van der Waals surface area contributed by atoms with E-state index in [-0.39, 0.29) is 6.04 Å². The lowest BCUT2D eigenvalue weighted by Gasteiger charge is -2.24. The Hall–Kier alpha value is -1.40. The van der Waals surface area contributed by atoms with Crippen molar-refractivity contribution in [2.45, 2.75) is 63.1 Å². The van der Waals surface area contributed by atoms with E-state index in [2.05, 4.69) is 9.55 Å². The van der Waals surface area contributed by atoms with E-state index in [0.717, 1.165) is 18.7 Å². The van der Waals surface area contributed by atoms with Gasteiger partial charge in [0.15, 0.2) is 0 Å². The molecule has 2 aliphatic rings. The highest BCUT2D eigenvalue weighted by molar-refractivity contribution is 5.73. The van der Waals surface area contributed by atoms with E-state index >= 15 is 0 Å². The zero-order valence-corrected chi connectivity index (χ0v) is 13.0. The molecule has 6 heteroatoms. The predicted molar refractivity (Wildman–Crippen MR) is 83.6 cm³/mol. The number of hydrogen-bond acceptors (Lipinski definition) is 4. The summed E-state index contributed by atoms with van der Waals surface area (Å²) >= 11 is 0. The molecule has 0 bridgehead atoms. The Morgan fingerprint density at radius 2 is 2.14 bits per heavy atom. The Balaban J connectivity index is 1.65. The molecular formula is C16H26N4O2. The Kier molecular flexibility index (Phi) is 4.78. The zero-order chi connectivity index (χ0) is 15.5. The number of hydrogen-bond donors (Lipinski definition) is 2. The second kappa shape index (κ2) is 6.79. The van der Waals surface area contributed by atoms with E-state index in [1.807, 2.05) is 17.4 Å². The molecule has 3 rings (SSSR count). The summed E-state index contributed by atoms with van der Waals surface area (Å²) in [7, 11) is 0. The van der Waals surface area contributed by atoms with Crippen LogP contribution in [0.4, 0.5) is 0 Å². The monoisotopic (exact) mass is 306 g/mol. The maximum Gasteiger partial charge on any atom is 0.321 e. The maximum atomic E-state index is 11.6. The summed E-state index contributed by atoms with van der Waals surface area (Å²) in [4.78, 5) is 18.0. The Labute approximate surface area is 131 Å². The van der Waals surface area contributed by atoms with Crippen LogP contribution in [-0.4, -0.2) is 50.7 Å². The third kappa shape index (κ3) is 3.50. The molecule has 1 aromatic rings. The van der Waals surface area contributed by atoms with Gasteiger partial charge >= 0.3 is 5.97 Å². The van der Waals surface area contributed by atoms with Gasteiger partial charge in [-0.25, -0.2) is 4.98 Å². The lowest BCUT2D eigenvalue weighted by molar-refractivity contribution is -0.142. The summed E-state index contributed by atoms with van der Waals surface area (Å²) in [6.45, 7) is 1.43. The molecule has 0 radical (unpaired) electrons. The molecule has 2 atom stereocenters. The standard InChI is InChI=1S/C16H26N4O2/c17-12-6-7-19(9-12)15(16(21)22)8-13-10-20(11-18-13)14-4-2-1-3-5-14/h10-12,14-15H,1-9,17H2,(H,21,22)/t12-,15?/m0/s1. The molecule has 2 fully saturated rings. The summed E-state index contributed by atoms with van der Waals surface area (Å²) in [5.74, 6) is -0.777. The molecule has 22 heavy (non-hydrogen) atoms. The number of carboxylic acid groups (broad SMARTS) is 1. The second-order valence-corrected chi connectivity index (χ2v) is 6.71. The second-order valence-electron chi connectivity index (χ2n) is 6.71. The molecule has 0 amide bonds. The maximum absolute atomic E-state index is 11.6. The molecule has 6 nitrogen and oxygen atoms in total. The fourth-order valence-corrected chi connectivity index (χ4v) is 3.73. The van der Waals surface area contributed by atoms with Crippen molar-refractivity contribution in [3.05, 3.63) is 18.2 Å². The number of aromatic nitrogens is 2. The Morgan fingerprint density at radius 1 is 1.36 bits per heavy atom. The first kappa shape index (κ1) is 15.5. The molecule has 0 spiro atoms. The number of aliphatic carboxylic acids is 1. The third-order valence-electron chi connectivity index (χ3n) is 5.04. The summed E-state index contributed by atoms with van der Waals surface area (Å²) in [6.07, 6.45) is 11.6. The van der Waals surface area contributed by atoms with E-state index in [1.54, 1.807) is 0 Å². The predicted octanol–water partition coefficient (Wildman–Crippen LogP) is 1.42. The van der Waals surface area contributed by atoms with Crippen LogP contribution in [0.25, 0.3) is 0 Å². The van der Waals surface area contributed by atoms with Crippen LogP contribution in [0.2, 0.25) is 0 Å². The fraction of sp³-hybridized carbons (Fsp3) is 0.750. The lowest BCUT2D eigenvalue weighted by Crippen LogP contribution is -2.42. The van der Waals surface area contributed by atoms with Gasteiger partial charge in [0, 0.05) is 37.8 Å². The quantitative estimate of drug-likeness (QED) is 0.859. The average molecular weight is 306 g/mol. The number of nitrogens with two attached hydrogens (primary N) is 1. The smallest absolute Gasteiger partial charge is 0.321 e. The number of nitrogens with zero attached hydrogens (tertiary/aromatic N) is 3. The first-order chi connectivity index (χ1) is 10.6. The normalized spacial score (nSPS) is 25.4. The Bertz CT molecular complexity index is 510. The molecule has 2 heterocycles. The van der Waals surface area contributed by atoms with Crippen molar-refractivity contribution in [2.75, 3.05) is 13.1 Å². The number of imidazole rings is 1. The summed E-state index contributed by atoms with van der Waals surface area (Å²) in [5, 5.41) is 9.52. The van der Waals surface area contributed by atoms with E-state index in [1.165, 1.54) is 32.1 Å². The van der Waals surface area contributed by atoms with Crippen LogP contribution in [0.1, 0.15) is 50.3 Å². The minimum Gasteiger partial charge on any atom is -0.480 e. The molecule has 0 aromatic carbocycles. The molecule has 3 N–H and O–H groups in total. The van der Waals surface area contributed by atoms with Crippen molar-refractivity contribution >= 4 is 5.97 Å². The highest BCUT2D eigenvalue weighted by atomic mass is 16.4. The minimum absolute atomic E-state index is 0.0987. The number of carboxylic acids is 1. The topological polar surface area (TPSA) is 84.4 Å². The first-order valence-electron chi connectivity index (χ1n) is 8.38. The summed E-state index contributed by atoms with van der Waals surface area (Å²) in [6, 6.07) is 0.128. The fourth-order valence-electron chi connectivity index (χ4n) is 3.73. The molecule has 1 saturated heterocycles. The van der Waals surface area contributed by atoms with Crippen molar-refractivity contribution in [2.24, 2.45) is 5.73 Å². The molecule has 1 aliphatic heterocycles. The van der Waals surface area contributed by atoms with Crippen LogP contribution in [0.3, 0.4) is 0 Å². The number of likely N-dealkylation sites (tertiary alicyclic amines) is 1. The van der Waals surface area contributed by atoms with E-state index in [4.69, 9.17) is 5.73 Å². The molecular weight excluding hydrogens is 280 g/mol. The van der Waals surface area contributed by atoms with Gasteiger partial charge in [-0.05, 0) is 19.3 Å². The van der Waals surface area contributed by atoms with Gasteiger partial charge in [-0.15, -0.1) is 0 Å². The van der Waals surface area contributed by atoms with Crippen molar-refractivity contribution in [1.82, 2.24) is 14.5 Å². The molecule has 1 unspecified atom stereocenters. The average Bonchev–Trinajstić information content (AvgIpc) is 3.14. The van der Waals surface area contributed by atoms with Crippen LogP contribution >= 0.6 is 0 Å². The SMILES string of the molecule is N[C@H]1CCN(C(Cc2cn(C3CCCCC3)cn2)C(=O)O)C1. The van der Waals surface area contributed by atoms with Crippen LogP contribution in [0, 0.1) is 0 Å². The highest BCUT2D eigenvalue weighted by Gasteiger charge is 2.31. The third-order valence-corrected chi connectivity index (χ3v) is 5.04. The van der Waals surface area contributed by atoms with E-state index in [9.17, 15) is 9.90 Å². The van der Waals surface area contributed by atoms with Crippen LogP contribution in [0.5, 0.6) is 0 Å². The van der Waals surface area contributed by atoms with Gasteiger partial charge < -0.3 is 15.4 Å². The van der Waals surface area contributed by atoms with Crippen molar-refractivity contribution < 1.29 is 9.90 Å². The molecule has 1 saturated carbocycles. The van der Waals surface area contributed by atoms with Crippen LogP contribution < -0.4 is 5.73 Å². The lowest BCUT2D eigenvalue weighted by atomic mass is 9.95. The molecule has 122 valence electrons. The van der Waals surface area contributed by atoms with E-state index in [0.29, 0.717) is 19.0 Å². The zero-order valence-electron chi connectivity index (χ0n) is 13.0. The van der Waals surface area contributed by atoms with E-state index < -0.39 is 12.0 Å². The van der Waals surface area contributed by atoms with Crippen molar-refractivity contribution in [1.29, 1.82) is 0 Å². The summed E-state index contributed by atoms with van der Waals surface area (Å²) < 4.78 is 2.18. The van der Waals surface area contributed by atoms with Crippen LogP contribution in [-0.2, 0) is 11.2 Å². The van der Waals surface area contributed by atoms with Gasteiger partial charge in [0.1, 0.15) is 6.04 Å². The van der Waals surface area contributed by atoms with Gasteiger partial charge in [-0.1, -0.05) is 19.3 Å². The summed E-state index contributed by atoms with van der Waals surface area (Å²) in [5.41, 5.74) is 6.78. The minimum atomic E-state index is -0.777.